The van der Waals surface area contributed by atoms with Crippen LogP contribution in [-0.4, -0.2) is 26.9 Å². The Balaban J connectivity index is 1.51. The highest BCUT2D eigenvalue weighted by Crippen LogP contribution is 2.22. The average Bonchev–Trinajstić information content (AvgIpc) is 3.27. The van der Waals surface area contributed by atoms with Crippen molar-refractivity contribution in [1.82, 2.24) is 19.8 Å². The van der Waals surface area contributed by atoms with Crippen molar-refractivity contribution in [1.29, 1.82) is 0 Å². The third kappa shape index (κ3) is 3.80. The van der Waals surface area contributed by atoms with Crippen molar-refractivity contribution in [2.24, 2.45) is 0 Å². The zero-order valence-corrected chi connectivity index (χ0v) is 15.2. The fraction of sp³-hybridized carbons (Fsp3) is 0.105. The van der Waals surface area contributed by atoms with Gasteiger partial charge in [-0.15, -0.1) is 10.2 Å². The standard InChI is InChI=1S/C19H15FN4O2S/c1-25-16-5-3-2-4-13(16)6-11-18-23-24-17(21-22-19(24)27-18)12-26-15-9-7-14(20)8-10-15/h2-11H,12H2,1H3/b11-6-. The number of nitrogens with zero attached hydrogens (tertiary/aromatic N) is 4. The summed E-state index contributed by atoms with van der Waals surface area (Å²) in [6.07, 6.45) is 3.85. The van der Waals surface area contributed by atoms with Crippen LogP contribution in [0, 0.1) is 5.82 Å². The van der Waals surface area contributed by atoms with Gasteiger partial charge in [-0.3, -0.25) is 0 Å². The second kappa shape index (κ2) is 7.55. The third-order valence-corrected chi connectivity index (χ3v) is 4.66. The summed E-state index contributed by atoms with van der Waals surface area (Å²) < 4.78 is 25.6. The van der Waals surface area contributed by atoms with E-state index in [0.717, 1.165) is 16.3 Å². The maximum Gasteiger partial charge on any atom is 0.235 e. The molecule has 2 aromatic carbocycles. The minimum Gasteiger partial charge on any atom is -0.496 e. The Morgan fingerprint density at radius 2 is 1.89 bits per heavy atom. The molecule has 0 saturated heterocycles. The lowest BCUT2D eigenvalue weighted by Gasteiger charge is -2.03. The summed E-state index contributed by atoms with van der Waals surface area (Å²) in [4.78, 5) is 0.674. The second-order valence-electron chi connectivity index (χ2n) is 5.57. The fourth-order valence-corrected chi connectivity index (χ4v) is 3.23. The smallest absolute Gasteiger partial charge is 0.235 e. The Morgan fingerprint density at radius 3 is 2.70 bits per heavy atom. The van der Waals surface area contributed by atoms with Gasteiger partial charge >= 0.3 is 0 Å². The van der Waals surface area contributed by atoms with Crippen LogP contribution in [0.25, 0.3) is 17.1 Å². The van der Waals surface area contributed by atoms with E-state index < -0.39 is 0 Å². The topological polar surface area (TPSA) is 61.5 Å². The van der Waals surface area contributed by atoms with Crippen molar-refractivity contribution >= 4 is 28.4 Å². The van der Waals surface area contributed by atoms with Gasteiger partial charge in [0, 0.05) is 5.56 Å². The van der Waals surface area contributed by atoms with Crippen molar-refractivity contribution in [3.63, 3.8) is 0 Å². The lowest BCUT2D eigenvalue weighted by Crippen LogP contribution is -2.02. The van der Waals surface area contributed by atoms with Crippen LogP contribution in [0.2, 0.25) is 0 Å². The first-order chi connectivity index (χ1) is 13.2. The largest absolute Gasteiger partial charge is 0.496 e. The summed E-state index contributed by atoms with van der Waals surface area (Å²) >= 11 is 1.42. The number of para-hydroxylation sites is 1. The van der Waals surface area contributed by atoms with Crippen LogP contribution in [0.15, 0.2) is 48.5 Å². The SMILES string of the molecule is COc1ccccc1/C=C\c1nn2c(COc3ccc(F)cc3)nnc2s1. The zero-order valence-electron chi connectivity index (χ0n) is 14.4. The van der Waals surface area contributed by atoms with Crippen LogP contribution < -0.4 is 9.47 Å². The van der Waals surface area contributed by atoms with Crippen LogP contribution in [0.5, 0.6) is 11.5 Å². The molecule has 0 bridgehead atoms. The fourth-order valence-electron chi connectivity index (χ4n) is 2.47. The van der Waals surface area contributed by atoms with E-state index in [2.05, 4.69) is 15.3 Å². The van der Waals surface area contributed by atoms with Crippen molar-refractivity contribution in [3.8, 4) is 11.5 Å². The Hall–Kier alpha value is -3.26. The highest BCUT2D eigenvalue weighted by atomic mass is 32.1. The number of hydrogen-bond donors (Lipinski definition) is 0. The van der Waals surface area contributed by atoms with Gasteiger partial charge in [0.15, 0.2) is 5.82 Å². The minimum absolute atomic E-state index is 0.187. The lowest BCUT2D eigenvalue weighted by atomic mass is 10.2. The van der Waals surface area contributed by atoms with Crippen molar-refractivity contribution in [2.75, 3.05) is 7.11 Å². The molecular weight excluding hydrogens is 367 g/mol. The van der Waals surface area contributed by atoms with E-state index in [0.29, 0.717) is 16.5 Å². The third-order valence-electron chi connectivity index (χ3n) is 3.80. The number of fused-ring (bicyclic) bond motifs is 1. The Labute approximate surface area is 158 Å². The van der Waals surface area contributed by atoms with Gasteiger partial charge in [0.2, 0.25) is 4.96 Å². The maximum atomic E-state index is 12.9. The maximum absolute atomic E-state index is 12.9. The number of aromatic nitrogens is 4. The van der Waals surface area contributed by atoms with Gasteiger partial charge in [-0.2, -0.15) is 9.61 Å². The first-order valence-electron chi connectivity index (χ1n) is 8.13. The van der Waals surface area contributed by atoms with Crippen molar-refractivity contribution in [2.45, 2.75) is 6.61 Å². The van der Waals surface area contributed by atoms with Crippen molar-refractivity contribution < 1.29 is 13.9 Å². The monoisotopic (exact) mass is 382 g/mol. The molecule has 4 aromatic rings. The Bertz CT molecular complexity index is 1090. The number of benzene rings is 2. The van der Waals surface area contributed by atoms with Gasteiger partial charge in [-0.1, -0.05) is 29.5 Å². The van der Waals surface area contributed by atoms with Crippen LogP contribution in [0.1, 0.15) is 16.4 Å². The predicted octanol–water partition coefficient (Wildman–Crippen LogP) is 4.08. The molecule has 4 rings (SSSR count). The van der Waals surface area contributed by atoms with E-state index in [1.54, 1.807) is 23.8 Å². The molecule has 0 spiro atoms. The second-order valence-corrected chi connectivity index (χ2v) is 6.56. The van der Waals surface area contributed by atoms with E-state index in [1.165, 1.54) is 23.5 Å². The van der Waals surface area contributed by atoms with E-state index >= 15 is 0 Å². The molecule has 2 aromatic heterocycles. The Morgan fingerprint density at radius 1 is 1.07 bits per heavy atom. The normalized spacial score (nSPS) is 11.3. The number of methoxy groups -OCH3 is 1. The summed E-state index contributed by atoms with van der Waals surface area (Å²) in [6.45, 7) is 0.187. The molecule has 136 valence electrons. The van der Waals surface area contributed by atoms with Crippen LogP contribution >= 0.6 is 11.3 Å². The van der Waals surface area contributed by atoms with Gasteiger partial charge in [0.05, 0.1) is 7.11 Å². The quantitative estimate of drug-likeness (QED) is 0.503. The molecule has 0 N–H and O–H groups in total. The first kappa shape index (κ1) is 17.2. The molecule has 0 amide bonds. The lowest BCUT2D eigenvalue weighted by molar-refractivity contribution is 0.292. The van der Waals surface area contributed by atoms with Crippen LogP contribution in [-0.2, 0) is 6.61 Å². The van der Waals surface area contributed by atoms with E-state index in [4.69, 9.17) is 9.47 Å². The molecule has 0 aliphatic heterocycles. The van der Waals surface area contributed by atoms with Gasteiger partial charge < -0.3 is 9.47 Å². The molecule has 0 unspecified atom stereocenters. The van der Waals surface area contributed by atoms with Gasteiger partial charge in [-0.25, -0.2) is 4.39 Å². The van der Waals surface area contributed by atoms with Gasteiger partial charge in [0.1, 0.15) is 28.9 Å². The summed E-state index contributed by atoms with van der Waals surface area (Å²) in [6, 6.07) is 13.6. The first-order valence-corrected chi connectivity index (χ1v) is 8.95. The molecular formula is C19H15FN4O2S. The molecule has 0 aliphatic carbocycles. The molecule has 0 atom stereocenters. The summed E-state index contributed by atoms with van der Waals surface area (Å²) in [5.74, 6) is 1.62. The highest BCUT2D eigenvalue weighted by molar-refractivity contribution is 7.17. The summed E-state index contributed by atoms with van der Waals surface area (Å²) in [7, 11) is 1.64. The number of halogens is 1. The molecule has 27 heavy (non-hydrogen) atoms. The molecule has 2 heterocycles. The molecule has 6 nitrogen and oxygen atoms in total. The van der Waals surface area contributed by atoms with E-state index in [-0.39, 0.29) is 12.4 Å². The zero-order chi connectivity index (χ0) is 18.6. The predicted molar refractivity (Wildman–Crippen MR) is 101 cm³/mol. The average molecular weight is 382 g/mol. The Kier molecular flexibility index (Phi) is 4.80. The number of hydrogen-bond acceptors (Lipinski definition) is 6. The summed E-state index contributed by atoms with van der Waals surface area (Å²) in [5.41, 5.74) is 0.964. The van der Waals surface area contributed by atoms with Crippen LogP contribution in [0.3, 0.4) is 0 Å². The molecule has 0 radical (unpaired) electrons. The number of rotatable bonds is 6. The highest BCUT2D eigenvalue weighted by Gasteiger charge is 2.11. The minimum atomic E-state index is -0.307. The van der Waals surface area contributed by atoms with Gasteiger partial charge in [0.25, 0.3) is 0 Å². The molecule has 0 fully saturated rings. The summed E-state index contributed by atoms with van der Waals surface area (Å²) in [5, 5.41) is 13.5. The number of ether oxygens (including phenoxy) is 2. The van der Waals surface area contributed by atoms with Crippen LogP contribution in [0.4, 0.5) is 4.39 Å². The van der Waals surface area contributed by atoms with E-state index in [9.17, 15) is 4.39 Å². The van der Waals surface area contributed by atoms with E-state index in [1.807, 2.05) is 36.4 Å². The molecule has 0 saturated carbocycles. The molecule has 0 aliphatic rings. The molecule has 8 heteroatoms. The van der Waals surface area contributed by atoms with Crippen molar-refractivity contribution in [3.05, 3.63) is 70.7 Å². The van der Waals surface area contributed by atoms with Gasteiger partial charge in [-0.05, 0) is 42.5 Å².